The molecule has 3 heterocycles. The first-order chi connectivity index (χ1) is 19.1. The van der Waals surface area contributed by atoms with Crippen LogP contribution in [0.5, 0.6) is 0 Å². The Hall–Kier alpha value is -4.97. The molecule has 5 aromatic carbocycles. The third kappa shape index (κ3) is 3.45. The van der Waals surface area contributed by atoms with Crippen molar-refractivity contribution in [2.24, 2.45) is 0 Å². The minimum atomic E-state index is 0.687. The molecule has 0 fully saturated rings. The maximum absolute atomic E-state index is 6.05. The van der Waals surface area contributed by atoms with Crippen LogP contribution in [0, 0.1) is 6.92 Å². The van der Waals surface area contributed by atoms with Crippen molar-refractivity contribution in [1.82, 2.24) is 19.9 Å². The number of nitrogens with zero attached hydrogens (tertiary/aromatic N) is 1. The van der Waals surface area contributed by atoms with E-state index in [-0.39, 0.29) is 0 Å². The molecule has 8 rings (SSSR count). The predicted octanol–water partition coefficient (Wildman–Crippen LogP) is 7.21. The number of aromatic amines is 3. The SMILES string of the molecule is [B]c1ccc2[nH]cc(CNc3ccc4c5ccccc5c5[nH]c(-c6c[nH]c7ccc(C)cc67)nc5c4c3)c2c1. The van der Waals surface area contributed by atoms with Gasteiger partial charge < -0.3 is 20.3 Å². The molecule has 184 valence electrons. The lowest BCUT2D eigenvalue weighted by Crippen LogP contribution is -2.02. The van der Waals surface area contributed by atoms with Crippen LogP contribution >= 0.6 is 0 Å². The Morgan fingerprint density at radius 1 is 0.744 bits per heavy atom. The summed E-state index contributed by atoms with van der Waals surface area (Å²) in [5.41, 5.74) is 9.52. The quantitative estimate of drug-likeness (QED) is 0.152. The van der Waals surface area contributed by atoms with Gasteiger partial charge in [-0.3, -0.25) is 0 Å². The summed E-state index contributed by atoms with van der Waals surface area (Å²) in [6.45, 7) is 2.81. The van der Waals surface area contributed by atoms with Crippen LogP contribution in [-0.4, -0.2) is 27.8 Å². The third-order valence-electron chi connectivity index (χ3n) is 7.83. The molecule has 0 saturated heterocycles. The van der Waals surface area contributed by atoms with Crippen molar-refractivity contribution in [1.29, 1.82) is 0 Å². The molecular weight excluding hydrogens is 477 g/mol. The molecule has 8 aromatic rings. The summed E-state index contributed by atoms with van der Waals surface area (Å²) in [5.74, 6) is 0.870. The number of benzene rings is 5. The highest BCUT2D eigenvalue weighted by atomic mass is 14.9. The molecule has 0 unspecified atom stereocenters. The maximum Gasteiger partial charge on any atom is 0.140 e. The molecule has 0 saturated carbocycles. The van der Waals surface area contributed by atoms with Crippen LogP contribution in [0.3, 0.4) is 0 Å². The van der Waals surface area contributed by atoms with E-state index >= 15 is 0 Å². The third-order valence-corrected chi connectivity index (χ3v) is 7.83. The van der Waals surface area contributed by atoms with Gasteiger partial charge >= 0.3 is 0 Å². The van der Waals surface area contributed by atoms with Crippen molar-refractivity contribution in [3.05, 3.63) is 102 Å². The van der Waals surface area contributed by atoms with Crippen molar-refractivity contribution in [3.63, 3.8) is 0 Å². The van der Waals surface area contributed by atoms with Gasteiger partial charge in [-0.2, -0.15) is 0 Å². The van der Waals surface area contributed by atoms with Gasteiger partial charge in [0.25, 0.3) is 0 Å². The summed E-state index contributed by atoms with van der Waals surface area (Å²) in [5, 5.41) is 10.6. The molecule has 5 nitrogen and oxygen atoms in total. The molecular formula is C33H24BN5. The largest absolute Gasteiger partial charge is 0.381 e. The van der Waals surface area contributed by atoms with Gasteiger partial charge in [0.15, 0.2) is 0 Å². The van der Waals surface area contributed by atoms with Gasteiger partial charge in [0.05, 0.1) is 11.0 Å². The first kappa shape index (κ1) is 22.1. The Kier molecular flexibility index (Phi) is 4.68. The van der Waals surface area contributed by atoms with E-state index in [4.69, 9.17) is 12.8 Å². The number of anilines is 1. The summed E-state index contributed by atoms with van der Waals surface area (Å²) >= 11 is 0. The topological polar surface area (TPSA) is 72.3 Å². The monoisotopic (exact) mass is 501 g/mol. The first-order valence-corrected chi connectivity index (χ1v) is 13.1. The minimum absolute atomic E-state index is 0.687. The Morgan fingerprint density at radius 3 is 2.46 bits per heavy atom. The summed E-state index contributed by atoms with van der Waals surface area (Å²) in [6.07, 6.45) is 4.10. The molecule has 6 heteroatoms. The second kappa shape index (κ2) is 8.27. The summed E-state index contributed by atoms with van der Waals surface area (Å²) < 4.78 is 0. The van der Waals surface area contributed by atoms with Crippen LogP contribution in [0.1, 0.15) is 11.1 Å². The molecule has 0 aliphatic heterocycles. The van der Waals surface area contributed by atoms with E-state index in [0.29, 0.717) is 6.54 Å². The van der Waals surface area contributed by atoms with E-state index in [1.165, 1.54) is 32.7 Å². The normalized spacial score (nSPS) is 11.9. The van der Waals surface area contributed by atoms with E-state index in [9.17, 15) is 0 Å². The lowest BCUT2D eigenvalue weighted by molar-refractivity contribution is 1.16. The van der Waals surface area contributed by atoms with Gasteiger partial charge in [0, 0.05) is 62.8 Å². The van der Waals surface area contributed by atoms with Crippen LogP contribution in [0.2, 0.25) is 0 Å². The Balaban J connectivity index is 1.28. The molecule has 0 spiro atoms. The number of imidazole rings is 1. The van der Waals surface area contributed by atoms with Gasteiger partial charge in [0.1, 0.15) is 13.7 Å². The summed E-state index contributed by atoms with van der Waals surface area (Å²) in [7, 11) is 6.05. The minimum Gasteiger partial charge on any atom is -0.381 e. The van der Waals surface area contributed by atoms with E-state index in [1.54, 1.807) is 0 Å². The predicted molar refractivity (Wildman–Crippen MR) is 164 cm³/mol. The van der Waals surface area contributed by atoms with Crippen LogP contribution in [-0.2, 0) is 6.54 Å². The summed E-state index contributed by atoms with van der Waals surface area (Å²) in [4.78, 5) is 15.6. The molecule has 0 aliphatic carbocycles. The average molecular weight is 501 g/mol. The highest BCUT2D eigenvalue weighted by Gasteiger charge is 2.16. The Morgan fingerprint density at radius 2 is 1.54 bits per heavy atom. The van der Waals surface area contributed by atoms with Crippen molar-refractivity contribution < 1.29 is 0 Å². The number of H-pyrrole nitrogens is 3. The van der Waals surface area contributed by atoms with E-state index in [2.05, 4.69) is 87.9 Å². The molecule has 0 bridgehead atoms. The van der Waals surface area contributed by atoms with E-state index in [0.717, 1.165) is 55.4 Å². The number of aromatic nitrogens is 4. The van der Waals surface area contributed by atoms with Crippen molar-refractivity contribution >= 4 is 73.4 Å². The zero-order chi connectivity index (χ0) is 26.1. The number of fused-ring (bicyclic) bond motifs is 8. The van der Waals surface area contributed by atoms with Gasteiger partial charge in [-0.15, -0.1) is 0 Å². The highest BCUT2D eigenvalue weighted by Crippen LogP contribution is 2.38. The van der Waals surface area contributed by atoms with Gasteiger partial charge in [-0.25, -0.2) is 4.98 Å². The van der Waals surface area contributed by atoms with Crippen LogP contribution in [0.25, 0.3) is 65.8 Å². The van der Waals surface area contributed by atoms with Crippen LogP contribution in [0.4, 0.5) is 5.69 Å². The zero-order valence-electron chi connectivity index (χ0n) is 21.4. The van der Waals surface area contributed by atoms with E-state index < -0.39 is 0 Å². The number of hydrogen-bond donors (Lipinski definition) is 4. The van der Waals surface area contributed by atoms with Crippen LogP contribution < -0.4 is 10.8 Å². The Labute approximate surface area is 225 Å². The molecule has 0 atom stereocenters. The second-order valence-electron chi connectivity index (χ2n) is 10.3. The lowest BCUT2D eigenvalue weighted by Gasteiger charge is -2.10. The van der Waals surface area contributed by atoms with Crippen molar-refractivity contribution in [2.45, 2.75) is 13.5 Å². The Bertz CT molecular complexity index is 2220. The fraction of sp³-hybridized carbons (Fsp3) is 0.0606. The fourth-order valence-electron chi connectivity index (χ4n) is 5.88. The van der Waals surface area contributed by atoms with Crippen molar-refractivity contribution in [3.8, 4) is 11.4 Å². The number of hydrogen-bond acceptors (Lipinski definition) is 2. The van der Waals surface area contributed by atoms with Gasteiger partial charge in [-0.05, 0) is 53.6 Å². The standard InChI is InChI=1S/C33H24BN5/c1-18-6-10-30-26(12-18)28(17-37-30)33-38-31-24-5-3-2-4-22(24)23-9-8-21(14-27(23)32(31)39-33)35-15-19-16-36-29-11-7-20(34)13-25(19)29/h2-14,16-17,35-37H,15H2,1H3,(H,38,39). The zero-order valence-corrected chi connectivity index (χ0v) is 21.4. The number of rotatable bonds is 4. The lowest BCUT2D eigenvalue weighted by atomic mass is 9.94. The van der Waals surface area contributed by atoms with E-state index in [1.807, 2.05) is 30.6 Å². The maximum atomic E-state index is 6.05. The van der Waals surface area contributed by atoms with Gasteiger partial charge in [0.2, 0.25) is 0 Å². The molecule has 4 N–H and O–H groups in total. The second-order valence-corrected chi connectivity index (χ2v) is 10.3. The first-order valence-electron chi connectivity index (χ1n) is 13.1. The number of nitrogens with one attached hydrogen (secondary N) is 4. The van der Waals surface area contributed by atoms with Crippen LogP contribution in [0.15, 0.2) is 91.3 Å². The molecule has 2 radical (unpaired) electrons. The molecule has 0 aliphatic rings. The molecule has 39 heavy (non-hydrogen) atoms. The average Bonchev–Trinajstić information content (AvgIpc) is 3.68. The number of aryl methyl sites for hydroxylation is 1. The molecule has 3 aromatic heterocycles. The summed E-state index contributed by atoms with van der Waals surface area (Å²) in [6, 6.07) is 27.6. The fourth-order valence-corrected chi connectivity index (χ4v) is 5.88. The smallest absolute Gasteiger partial charge is 0.140 e. The van der Waals surface area contributed by atoms with Gasteiger partial charge in [-0.1, -0.05) is 59.6 Å². The molecule has 0 amide bonds. The van der Waals surface area contributed by atoms with Crippen molar-refractivity contribution in [2.75, 3.05) is 5.32 Å². The highest BCUT2D eigenvalue weighted by molar-refractivity contribution is 6.33.